The molecular formula is C21H20N4OS2. The molecule has 28 heavy (non-hydrogen) atoms. The van der Waals surface area contributed by atoms with E-state index in [1.165, 1.54) is 53.5 Å². The fraction of sp³-hybridized carbons (Fsp3) is 0.286. The number of hydrogen-bond acceptors (Lipinski definition) is 7. The van der Waals surface area contributed by atoms with E-state index >= 15 is 0 Å². The summed E-state index contributed by atoms with van der Waals surface area (Å²) in [5.41, 5.74) is 2.73. The van der Waals surface area contributed by atoms with Crippen LogP contribution in [0.5, 0.6) is 5.75 Å². The Hall–Kier alpha value is -2.56. The first kappa shape index (κ1) is 18.8. The second kappa shape index (κ2) is 8.63. The molecule has 5 nitrogen and oxygen atoms in total. The Morgan fingerprint density at radius 2 is 2.04 bits per heavy atom. The van der Waals surface area contributed by atoms with Crippen LogP contribution in [0.2, 0.25) is 0 Å². The maximum atomic E-state index is 9.09. The number of rotatable bonds is 5. The Balaban J connectivity index is 1.78. The largest absolute Gasteiger partial charge is 0.495 e. The van der Waals surface area contributed by atoms with E-state index in [0.29, 0.717) is 5.69 Å². The lowest BCUT2D eigenvalue weighted by Crippen LogP contribution is -2.30. The van der Waals surface area contributed by atoms with Crippen molar-refractivity contribution in [2.24, 2.45) is 0 Å². The van der Waals surface area contributed by atoms with Gasteiger partial charge in [0.2, 0.25) is 0 Å². The molecular weight excluding hydrogens is 388 g/mol. The van der Waals surface area contributed by atoms with Crippen LogP contribution in [0.25, 0.3) is 10.4 Å². The molecule has 0 radical (unpaired) electrons. The topological polar surface area (TPSA) is 62.0 Å². The zero-order valence-corrected chi connectivity index (χ0v) is 17.2. The van der Waals surface area contributed by atoms with Crippen molar-refractivity contribution in [2.45, 2.75) is 29.2 Å². The van der Waals surface area contributed by atoms with E-state index in [4.69, 9.17) is 10.00 Å². The van der Waals surface area contributed by atoms with E-state index in [9.17, 15) is 0 Å². The highest BCUT2D eigenvalue weighted by Crippen LogP contribution is 2.45. The molecule has 4 rings (SSSR count). The average Bonchev–Trinajstić information content (AvgIpc) is 3.28. The summed E-state index contributed by atoms with van der Waals surface area (Å²) in [4.78, 5) is 13.0. The summed E-state index contributed by atoms with van der Waals surface area (Å²) in [5, 5.41) is 11.9. The number of aromatic nitrogens is 2. The Morgan fingerprint density at radius 3 is 2.75 bits per heavy atom. The molecule has 1 aliphatic rings. The standard InChI is InChI=1S/C21H20N4OS2/c1-26-18-12-16(28-20-10-15(13-22)23-14-24-20)11-17(19-6-5-9-27-19)21(18)25-7-3-2-4-8-25/h5-6,9-12,14H,2-4,7-8H2,1H3. The Labute approximate surface area is 173 Å². The zero-order chi connectivity index (χ0) is 19.3. The van der Waals surface area contributed by atoms with Crippen molar-refractivity contribution < 1.29 is 4.74 Å². The molecule has 0 amide bonds. The Morgan fingerprint density at radius 1 is 1.18 bits per heavy atom. The van der Waals surface area contributed by atoms with Gasteiger partial charge in [0, 0.05) is 34.5 Å². The van der Waals surface area contributed by atoms with Crippen LogP contribution in [0.15, 0.2) is 52.0 Å². The summed E-state index contributed by atoms with van der Waals surface area (Å²) < 4.78 is 5.83. The summed E-state index contributed by atoms with van der Waals surface area (Å²) in [6.07, 6.45) is 5.14. The van der Waals surface area contributed by atoms with Gasteiger partial charge >= 0.3 is 0 Å². The number of ether oxygens (including phenoxy) is 1. The van der Waals surface area contributed by atoms with Crippen molar-refractivity contribution in [3.63, 3.8) is 0 Å². The van der Waals surface area contributed by atoms with Crippen molar-refractivity contribution in [1.29, 1.82) is 5.26 Å². The van der Waals surface area contributed by atoms with Gasteiger partial charge in [-0.2, -0.15) is 5.26 Å². The molecule has 7 heteroatoms. The second-order valence-corrected chi connectivity index (χ2v) is 8.54. The van der Waals surface area contributed by atoms with Gasteiger partial charge in [-0.3, -0.25) is 0 Å². The zero-order valence-electron chi connectivity index (χ0n) is 15.6. The smallest absolute Gasteiger partial charge is 0.145 e. The minimum Gasteiger partial charge on any atom is -0.495 e. The molecule has 0 N–H and O–H groups in total. The highest BCUT2D eigenvalue weighted by Gasteiger charge is 2.22. The van der Waals surface area contributed by atoms with E-state index in [1.807, 2.05) is 0 Å². The quantitative estimate of drug-likeness (QED) is 0.539. The summed E-state index contributed by atoms with van der Waals surface area (Å²) in [6, 6.07) is 12.3. The third-order valence-corrected chi connectivity index (χ3v) is 6.51. The normalized spacial score (nSPS) is 13.9. The van der Waals surface area contributed by atoms with Crippen molar-refractivity contribution >= 4 is 28.8 Å². The molecule has 1 aliphatic heterocycles. The highest BCUT2D eigenvalue weighted by atomic mass is 32.2. The fourth-order valence-corrected chi connectivity index (χ4v) is 5.04. The SMILES string of the molecule is COc1cc(Sc2cc(C#N)ncn2)cc(-c2cccs2)c1N1CCCCC1. The van der Waals surface area contributed by atoms with Crippen molar-refractivity contribution in [1.82, 2.24) is 9.97 Å². The predicted octanol–water partition coefficient (Wildman–Crippen LogP) is 5.23. The first-order valence-electron chi connectivity index (χ1n) is 9.19. The van der Waals surface area contributed by atoms with Crippen LogP contribution in [-0.4, -0.2) is 30.2 Å². The van der Waals surface area contributed by atoms with E-state index < -0.39 is 0 Å². The number of benzene rings is 1. The summed E-state index contributed by atoms with van der Waals surface area (Å²) in [7, 11) is 1.73. The number of nitriles is 1. The van der Waals surface area contributed by atoms with Crippen LogP contribution < -0.4 is 9.64 Å². The van der Waals surface area contributed by atoms with E-state index in [2.05, 4.69) is 50.6 Å². The number of anilines is 1. The van der Waals surface area contributed by atoms with E-state index in [-0.39, 0.29) is 0 Å². The molecule has 1 fully saturated rings. The van der Waals surface area contributed by atoms with Crippen molar-refractivity contribution in [2.75, 3.05) is 25.1 Å². The molecule has 0 bridgehead atoms. The van der Waals surface area contributed by atoms with Crippen LogP contribution in [0, 0.1) is 11.3 Å². The summed E-state index contributed by atoms with van der Waals surface area (Å²) >= 11 is 3.25. The molecule has 1 aromatic carbocycles. The maximum Gasteiger partial charge on any atom is 0.145 e. The monoisotopic (exact) mass is 408 g/mol. The van der Waals surface area contributed by atoms with Crippen LogP contribution in [0.1, 0.15) is 25.0 Å². The minimum atomic E-state index is 0.368. The number of nitrogens with zero attached hydrogens (tertiary/aromatic N) is 4. The highest BCUT2D eigenvalue weighted by molar-refractivity contribution is 7.99. The van der Waals surface area contributed by atoms with Crippen LogP contribution in [0.4, 0.5) is 5.69 Å². The van der Waals surface area contributed by atoms with Crippen LogP contribution in [-0.2, 0) is 0 Å². The summed E-state index contributed by atoms with van der Waals surface area (Å²) in [5.74, 6) is 0.880. The fourth-order valence-electron chi connectivity index (χ4n) is 3.44. The maximum absolute atomic E-state index is 9.09. The molecule has 142 valence electrons. The lowest BCUT2D eigenvalue weighted by Gasteiger charge is -2.32. The lowest BCUT2D eigenvalue weighted by molar-refractivity contribution is 0.411. The molecule has 0 aliphatic carbocycles. The van der Waals surface area contributed by atoms with Gasteiger partial charge in [-0.25, -0.2) is 9.97 Å². The first-order valence-corrected chi connectivity index (χ1v) is 10.9. The van der Waals surface area contributed by atoms with E-state index in [1.54, 1.807) is 24.5 Å². The molecule has 0 atom stereocenters. The van der Waals surface area contributed by atoms with Crippen molar-refractivity contribution in [3.8, 4) is 22.3 Å². The Kier molecular flexibility index (Phi) is 5.79. The number of hydrogen-bond donors (Lipinski definition) is 0. The lowest BCUT2D eigenvalue weighted by atomic mass is 10.1. The minimum absolute atomic E-state index is 0.368. The molecule has 2 aromatic heterocycles. The van der Waals surface area contributed by atoms with Gasteiger partial charge in [-0.1, -0.05) is 17.8 Å². The van der Waals surface area contributed by atoms with Gasteiger partial charge in [0.05, 0.1) is 12.8 Å². The van der Waals surface area contributed by atoms with Gasteiger partial charge in [-0.05, 0) is 42.8 Å². The third kappa shape index (κ3) is 3.98. The second-order valence-electron chi connectivity index (χ2n) is 6.50. The van der Waals surface area contributed by atoms with Gasteiger partial charge in [0.1, 0.15) is 28.9 Å². The molecule has 0 spiro atoms. The number of methoxy groups -OCH3 is 1. The molecule has 3 heterocycles. The van der Waals surface area contributed by atoms with Gasteiger partial charge in [-0.15, -0.1) is 11.3 Å². The van der Waals surface area contributed by atoms with Crippen LogP contribution in [0.3, 0.4) is 0 Å². The van der Waals surface area contributed by atoms with Gasteiger partial charge < -0.3 is 9.64 Å². The third-order valence-electron chi connectivity index (χ3n) is 4.71. The van der Waals surface area contributed by atoms with Crippen LogP contribution >= 0.6 is 23.1 Å². The summed E-state index contributed by atoms with van der Waals surface area (Å²) in [6.45, 7) is 2.11. The molecule has 1 saturated heterocycles. The van der Waals surface area contributed by atoms with Gasteiger partial charge in [0.15, 0.2) is 0 Å². The number of thiophene rings is 1. The molecule has 3 aromatic rings. The molecule has 0 saturated carbocycles. The average molecular weight is 409 g/mol. The predicted molar refractivity (Wildman–Crippen MR) is 113 cm³/mol. The first-order chi connectivity index (χ1) is 13.8. The molecule has 0 unspecified atom stereocenters. The number of piperidine rings is 1. The Bertz CT molecular complexity index is 992. The van der Waals surface area contributed by atoms with E-state index in [0.717, 1.165) is 28.8 Å². The van der Waals surface area contributed by atoms with Gasteiger partial charge in [0.25, 0.3) is 0 Å². The van der Waals surface area contributed by atoms with Crippen molar-refractivity contribution in [3.05, 3.63) is 47.7 Å².